The van der Waals surface area contributed by atoms with E-state index in [0.717, 1.165) is 11.1 Å². The van der Waals surface area contributed by atoms with Crippen LogP contribution in [0.25, 0.3) is 11.3 Å². The van der Waals surface area contributed by atoms with Crippen LogP contribution in [-0.2, 0) is 6.42 Å². The normalized spacial score (nSPS) is 10.1. The number of hydrogen-bond donors (Lipinski definition) is 0. The molecule has 0 atom stereocenters. The quantitative estimate of drug-likeness (QED) is 0.800. The number of halogens is 3. The second-order valence-electron chi connectivity index (χ2n) is 3.64. The molecule has 2 rings (SSSR count). The van der Waals surface area contributed by atoms with E-state index in [9.17, 15) is 0 Å². The van der Waals surface area contributed by atoms with Gasteiger partial charge in [-0.05, 0) is 23.8 Å². The summed E-state index contributed by atoms with van der Waals surface area (Å²) in [5.74, 6) is 0. The Morgan fingerprint density at radius 3 is 2.44 bits per heavy atom. The van der Waals surface area contributed by atoms with Gasteiger partial charge in [0.1, 0.15) is 0 Å². The second kappa shape index (κ2) is 5.58. The standard InChI is InChI=1S/C13H7Cl3N2/c14-10-2-1-9(6-11(10)15)13-12(16)5-8(3-4-17)7-18-13/h1-2,5-7H,3H2. The lowest BCUT2D eigenvalue weighted by atomic mass is 10.1. The summed E-state index contributed by atoms with van der Waals surface area (Å²) in [4.78, 5) is 4.25. The number of nitriles is 1. The summed E-state index contributed by atoms with van der Waals surface area (Å²) in [7, 11) is 0. The van der Waals surface area contributed by atoms with Crippen molar-refractivity contribution in [2.75, 3.05) is 0 Å². The average Bonchev–Trinajstić information content (AvgIpc) is 2.34. The summed E-state index contributed by atoms with van der Waals surface area (Å²) in [5, 5.41) is 10.0. The average molecular weight is 298 g/mol. The van der Waals surface area contributed by atoms with E-state index >= 15 is 0 Å². The van der Waals surface area contributed by atoms with E-state index in [0.29, 0.717) is 20.8 Å². The van der Waals surface area contributed by atoms with Crippen molar-refractivity contribution < 1.29 is 0 Å². The maximum Gasteiger partial charge on any atom is 0.0888 e. The molecular formula is C13H7Cl3N2. The lowest BCUT2D eigenvalue weighted by Gasteiger charge is -2.06. The van der Waals surface area contributed by atoms with Gasteiger partial charge in [0.05, 0.1) is 33.3 Å². The van der Waals surface area contributed by atoms with Crippen LogP contribution in [0, 0.1) is 11.3 Å². The molecule has 90 valence electrons. The van der Waals surface area contributed by atoms with Gasteiger partial charge in [0.25, 0.3) is 0 Å². The highest BCUT2D eigenvalue weighted by molar-refractivity contribution is 6.42. The predicted molar refractivity (Wildman–Crippen MR) is 74.0 cm³/mol. The first kappa shape index (κ1) is 13.2. The fourth-order valence-electron chi connectivity index (χ4n) is 1.52. The number of hydrogen-bond acceptors (Lipinski definition) is 2. The van der Waals surface area contributed by atoms with Gasteiger partial charge in [-0.1, -0.05) is 40.9 Å². The Morgan fingerprint density at radius 1 is 1.06 bits per heavy atom. The Balaban J connectivity index is 2.45. The smallest absolute Gasteiger partial charge is 0.0888 e. The third-order valence-corrected chi connectivity index (χ3v) is 3.40. The minimum absolute atomic E-state index is 0.286. The molecule has 0 saturated heterocycles. The number of rotatable bonds is 2. The predicted octanol–water partition coefficient (Wildman–Crippen LogP) is 4.77. The van der Waals surface area contributed by atoms with Crippen LogP contribution in [0.2, 0.25) is 15.1 Å². The third kappa shape index (κ3) is 2.76. The molecule has 1 aromatic carbocycles. The molecule has 1 heterocycles. The zero-order chi connectivity index (χ0) is 13.1. The van der Waals surface area contributed by atoms with Gasteiger partial charge in [0, 0.05) is 11.8 Å². The fourth-order valence-corrected chi connectivity index (χ4v) is 2.12. The van der Waals surface area contributed by atoms with E-state index in [-0.39, 0.29) is 6.42 Å². The van der Waals surface area contributed by atoms with Crippen LogP contribution in [0.5, 0.6) is 0 Å². The topological polar surface area (TPSA) is 36.7 Å². The highest BCUT2D eigenvalue weighted by Gasteiger charge is 2.08. The summed E-state index contributed by atoms with van der Waals surface area (Å²) in [6.07, 6.45) is 1.92. The zero-order valence-corrected chi connectivity index (χ0v) is 11.4. The molecule has 0 amide bonds. The van der Waals surface area contributed by atoms with E-state index in [1.54, 1.807) is 30.5 Å². The molecule has 0 spiro atoms. The fraction of sp³-hybridized carbons (Fsp3) is 0.0769. The van der Waals surface area contributed by atoms with E-state index < -0.39 is 0 Å². The van der Waals surface area contributed by atoms with Crippen molar-refractivity contribution in [3.63, 3.8) is 0 Å². The van der Waals surface area contributed by atoms with Gasteiger partial charge in [0.2, 0.25) is 0 Å². The Hall–Kier alpha value is -1.27. The summed E-state index contributed by atoms with van der Waals surface area (Å²) in [6.45, 7) is 0. The molecule has 0 bridgehead atoms. The van der Waals surface area contributed by atoms with Crippen LogP contribution in [0.4, 0.5) is 0 Å². The van der Waals surface area contributed by atoms with Crippen molar-refractivity contribution >= 4 is 34.8 Å². The van der Waals surface area contributed by atoms with Gasteiger partial charge in [-0.2, -0.15) is 5.26 Å². The molecule has 1 aromatic heterocycles. The summed E-state index contributed by atoms with van der Waals surface area (Å²) in [6, 6.07) is 8.98. The van der Waals surface area contributed by atoms with Crippen molar-refractivity contribution in [3.8, 4) is 17.3 Å². The molecule has 0 radical (unpaired) electrons. The first-order valence-corrected chi connectivity index (χ1v) is 6.22. The monoisotopic (exact) mass is 296 g/mol. The van der Waals surface area contributed by atoms with Gasteiger partial charge in [-0.3, -0.25) is 4.98 Å². The molecule has 0 unspecified atom stereocenters. The molecule has 0 N–H and O–H groups in total. The minimum Gasteiger partial charge on any atom is -0.254 e. The number of benzene rings is 1. The van der Waals surface area contributed by atoms with Crippen molar-refractivity contribution in [2.45, 2.75) is 6.42 Å². The zero-order valence-electron chi connectivity index (χ0n) is 9.12. The molecule has 2 aromatic rings. The van der Waals surface area contributed by atoms with Gasteiger partial charge >= 0.3 is 0 Å². The SMILES string of the molecule is N#CCc1cnc(-c2ccc(Cl)c(Cl)c2)c(Cl)c1. The highest BCUT2D eigenvalue weighted by Crippen LogP contribution is 2.31. The number of pyridine rings is 1. The van der Waals surface area contributed by atoms with E-state index in [4.69, 9.17) is 40.1 Å². The van der Waals surface area contributed by atoms with Gasteiger partial charge in [0.15, 0.2) is 0 Å². The molecule has 0 aliphatic rings. The first-order valence-electron chi connectivity index (χ1n) is 5.08. The van der Waals surface area contributed by atoms with Gasteiger partial charge in [-0.25, -0.2) is 0 Å². The van der Waals surface area contributed by atoms with E-state index in [2.05, 4.69) is 4.98 Å². The summed E-state index contributed by atoms with van der Waals surface area (Å²) < 4.78 is 0. The van der Waals surface area contributed by atoms with Crippen LogP contribution in [-0.4, -0.2) is 4.98 Å². The molecule has 5 heteroatoms. The number of nitrogens with zero attached hydrogens (tertiary/aromatic N) is 2. The molecular weight excluding hydrogens is 291 g/mol. The molecule has 18 heavy (non-hydrogen) atoms. The van der Waals surface area contributed by atoms with Crippen LogP contribution in [0.1, 0.15) is 5.56 Å². The molecule has 0 fully saturated rings. The minimum atomic E-state index is 0.286. The van der Waals surface area contributed by atoms with Crippen molar-refractivity contribution in [1.29, 1.82) is 5.26 Å². The summed E-state index contributed by atoms with van der Waals surface area (Å²) >= 11 is 17.9. The van der Waals surface area contributed by atoms with Crippen LogP contribution in [0.3, 0.4) is 0 Å². The first-order chi connectivity index (χ1) is 8.61. The van der Waals surface area contributed by atoms with E-state index in [1.165, 1.54) is 0 Å². The van der Waals surface area contributed by atoms with Crippen LogP contribution >= 0.6 is 34.8 Å². The maximum atomic E-state index is 8.61. The highest BCUT2D eigenvalue weighted by atomic mass is 35.5. The Labute approximate surface area is 120 Å². The lowest BCUT2D eigenvalue weighted by molar-refractivity contribution is 1.19. The Morgan fingerprint density at radius 2 is 1.83 bits per heavy atom. The summed E-state index contributed by atoms with van der Waals surface area (Å²) in [5.41, 5.74) is 2.20. The largest absolute Gasteiger partial charge is 0.254 e. The van der Waals surface area contributed by atoms with Crippen molar-refractivity contribution in [3.05, 3.63) is 51.1 Å². The maximum absolute atomic E-state index is 8.61. The van der Waals surface area contributed by atoms with E-state index in [1.807, 2.05) is 6.07 Å². The van der Waals surface area contributed by atoms with Crippen LogP contribution in [0.15, 0.2) is 30.5 Å². The lowest BCUT2D eigenvalue weighted by Crippen LogP contribution is -1.89. The molecule has 0 saturated carbocycles. The van der Waals surface area contributed by atoms with Gasteiger partial charge < -0.3 is 0 Å². The molecule has 2 nitrogen and oxygen atoms in total. The Kier molecular flexibility index (Phi) is 4.08. The van der Waals surface area contributed by atoms with Crippen molar-refractivity contribution in [2.24, 2.45) is 0 Å². The van der Waals surface area contributed by atoms with Crippen LogP contribution < -0.4 is 0 Å². The third-order valence-electron chi connectivity index (χ3n) is 2.37. The second-order valence-corrected chi connectivity index (χ2v) is 4.86. The molecule has 0 aliphatic carbocycles. The molecule has 0 aliphatic heterocycles. The van der Waals surface area contributed by atoms with Crippen molar-refractivity contribution in [1.82, 2.24) is 4.98 Å². The van der Waals surface area contributed by atoms with Gasteiger partial charge in [-0.15, -0.1) is 0 Å². The number of aromatic nitrogens is 1. The Bertz CT molecular complexity index is 633.